The Morgan fingerprint density at radius 2 is 1.68 bits per heavy atom. The zero-order valence-corrected chi connectivity index (χ0v) is 21.2. The third-order valence-electron chi connectivity index (χ3n) is 7.99. The summed E-state index contributed by atoms with van der Waals surface area (Å²) < 4.78 is 6.27. The van der Waals surface area contributed by atoms with Gasteiger partial charge in [0.05, 0.1) is 6.61 Å². The van der Waals surface area contributed by atoms with E-state index < -0.39 is 0 Å². The van der Waals surface area contributed by atoms with E-state index >= 15 is 0 Å². The van der Waals surface area contributed by atoms with E-state index in [0.717, 1.165) is 44.8 Å². The quantitative estimate of drug-likeness (QED) is 0.410. The SMILES string of the molecule is Cc1c(OCCCN2CCC2(C)C)cccc1-c1cccc(-c2ccc3c(c2)CNCC3)c1C. The molecule has 34 heavy (non-hydrogen) atoms. The van der Waals surface area contributed by atoms with Crippen LogP contribution in [0.15, 0.2) is 54.6 Å². The fourth-order valence-corrected chi connectivity index (χ4v) is 5.52. The lowest BCUT2D eigenvalue weighted by atomic mass is 9.89. The summed E-state index contributed by atoms with van der Waals surface area (Å²) in [7, 11) is 0. The largest absolute Gasteiger partial charge is 0.493 e. The maximum Gasteiger partial charge on any atom is 0.122 e. The molecule has 0 saturated carbocycles. The summed E-state index contributed by atoms with van der Waals surface area (Å²) in [5, 5.41) is 3.51. The van der Waals surface area contributed by atoms with Crippen molar-refractivity contribution in [2.24, 2.45) is 0 Å². The second-order valence-electron chi connectivity index (χ2n) is 10.6. The van der Waals surface area contributed by atoms with Gasteiger partial charge in [-0.25, -0.2) is 0 Å². The van der Waals surface area contributed by atoms with Gasteiger partial charge in [0, 0.05) is 25.2 Å². The molecule has 0 spiro atoms. The first-order chi connectivity index (χ1) is 16.4. The van der Waals surface area contributed by atoms with Crippen molar-refractivity contribution in [1.29, 1.82) is 0 Å². The molecule has 1 saturated heterocycles. The molecule has 3 aromatic carbocycles. The van der Waals surface area contributed by atoms with Crippen LogP contribution in [-0.4, -0.2) is 36.7 Å². The molecular weight excluding hydrogens is 416 g/mol. The molecule has 2 aliphatic rings. The van der Waals surface area contributed by atoms with Crippen molar-refractivity contribution in [3.63, 3.8) is 0 Å². The average molecular weight is 455 g/mol. The van der Waals surface area contributed by atoms with Gasteiger partial charge in [0.2, 0.25) is 0 Å². The van der Waals surface area contributed by atoms with Gasteiger partial charge in [-0.2, -0.15) is 0 Å². The molecule has 178 valence electrons. The second-order valence-corrected chi connectivity index (χ2v) is 10.6. The van der Waals surface area contributed by atoms with Gasteiger partial charge in [-0.1, -0.05) is 42.5 Å². The average Bonchev–Trinajstić information content (AvgIpc) is 2.84. The summed E-state index contributed by atoms with van der Waals surface area (Å²) in [6.07, 6.45) is 3.49. The van der Waals surface area contributed by atoms with Crippen molar-refractivity contribution in [3.05, 3.63) is 76.9 Å². The molecule has 2 aliphatic heterocycles. The minimum Gasteiger partial charge on any atom is -0.493 e. The van der Waals surface area contributed by atoms with E-state index in [1.54, 1.807) is 0 Å². The minimum atomic E-state index is 0.368. The van der Waals surface area contributed by atoms with Crippen LogP contribution in [0.25, 0.3) is 22.3 Å². The van der Waals surface area contributed by atoms with Crippen LogP contribution in [-0.2, 0) is 13.0 Å². The van der Waals surface area contributed by atoms with Crippen LogP contribution in [0, 0.1) is 13.8 Å². The molecule has 1 fully saturated rings. The van der Waals surface area contributed by atoms with Gasteiger partial charge >= 0.3 is 0 Å². The monoisotopic (exact) mass is 454 g/mol. The highest BCUT2D eigenvalue weighted by Gasteiger charge is 2.34. The third kappa shape index (κ3) is 4.52. The number of hydrogen-bond donors (Lipinski definition) is 1. The lowest BCUT2D eigenvalue weighted by Crippen LogP contribution is -2.55. The molecule has 0 aliphatic carbocycles. The highest BCUT2D eigenvalue weighted by molar-refractivity contribution is 5.80. The number of fused-ring (bicyclic) bond motifs is 1. The maximum atomic E-state index is 6.27. The van der Waals surface area contributed by atoms with Crippen LogP contribution in [0.2, 0.25) is 0 Å². The van der Waals surface area contributed by atoms with Crippen molar-refractivity contribution in [3.8, 4) is 28.0 Å². The molecule has 1 N–H and O–H groups in total. The van der Waals surface area contributed by atoms with Crippen molar-refractivity contribution in [2.45, 2.75) is 59.0 Å². The summed E-state index contributed by atoms with van der Waals surface area (Å²) in [5.41, 5.74) is 11.0. The number of benzene rings is 3. The van der Waals surface area contributed by atoms with Gasteiger partial charge in [0.15, 0.2) is 0 Å². The first-order valence-corrected chi connectivity index (χ1v) is 12.8. The zero-order chi connectivity index (χ0) is 23.7. The minimum absolute atomic E-state index is 0.368. The number of ether oxygens (including phenoxy) is 1. The Hall–Kier alpha value is -2.62. The lowest BCUT2D eigenvalue weighted by Gasteiger charge is -2.48. The summed E-state index contributed by atoms with van der Waals surface area (Å²) in [6, 6.07) is 20.2. The van der Waals surface area contributed by atoms with Gasteiger partial charge in [0.25, 0.3) is 0 Å². The van der Waals surface area contributed by atoms with Gasteiger partial charge in [0.1, 0.15) is 5.75 Å². The standard InChI is InChI=1S/C31H38N2O/c1-22-27(25-13-12-24-14-16-32-21-26(24)20-25)8-5-9-28(22)29-10-6-11-30(23(29)2)34-19-7-17-33-18-15-31(33,3)4/h5-6,8-13,20,32H,7,14-19,21H2,1-4H3. The number of nitrogens with one attached hydrogen (secondary N) is 1. The number of hydrogen-bond acceptors (Lipinski definition) is 3. The van der Waals surface area contributed by atoms with Crippen molar-refractivity contribution < 1.29 is 4.74 Å². The molecule has 0 bridgehead atoms. The van der Waals surface area contributed by atoms with Crippen LogP contribution in [0.5, 0.6) is 5.75 Å². The third-order valence-corrected chi connectivity index (χ3v) is 7.99. The molecule has 0 unspecified atom stereocenters. The molecule has 3 aromatic rings. The van der Waals surface area contributed by atoms with E-state index in [1.165, 1.54) is 57.5 Å². The Balaban J connectivity index is 1.35. The first kappa shape index (κ1) is 23.1. The van der Waals surface area contributed by atoms with Crippen LogP contribution >= 0.6 is 0 Å². The van der Waals surface area contributed by atoms with Crippen molar-refractivity contribution >= 4 is 0 Å². The van der Waals surface area contributed by atoms with E-state index in [9.17, 15) is 0 Å². The Morgan fingerprint density at radius 1 is 0.912 bits per heavy atom. The molecule has 5 rings (SSSR count). The van der Waals surface area contributed by atoms with Gasteiger partial charge in [-0.05, 0) is 110 Å². The van der Waals surface area contributed by atoms with E-state index in [2.05, 4.69) is 92.5 Å². The zero-order valence-electron chi connectivity index (χ0n) is 21.2. The summed E-state index contributed by atoms with van der Waals surface area (Å²) >= 11 is 0. The van der Waals surface area contributed by atoms with Crippen LogP contribution in [0.4, 0.5) is 0 Å². The highest BCUT2D eigenvalue weighted by atomic mass is 16.5. The lowest BCUT2D eigenvalue weighted by molar-refractivity contribution is 0.0123. The second kappa shape index (κ2) is 9.56. The number of nitrogens with zero attached hydrogens (tertiary/aromatic N) is 1. The molecule has 0 atom stereocenters. The summed E-state index contributed by atoms with van der Waals surface area (Å²) in [4.78, 5) is 2.56. The smallest absolute Gasteiger partial charge is 0.122 e. The predicted octanol–water partition coefficient (Wildman–Crippen LogP) is 6.54. The molecule has 3 nitrogen and oxygen atoms in total. The van der Waals surface area contributed by atoms with Crippen LogP contribution < -0.4 is 10.1 Å². The predicted molar refractivity (Wildman–Crippen MR) is 143 cm³/mol. The van der Waals surface area contributed by atoms with Gasteiger partial charge < -0.3 is 10.1 Å². The van der Waals surface area contributed by atoms with Crippen LogP contribution in [0.3, 0.4) is 0 Å². The highest BCUT2D eigenvalue weighted by Crippen LogP contribution is 2.37. The Labute approximate surface area is 205 Å². The van der Waals surface area contributed by atoms with E-state index in [1.807, 2.05) is 0 Å². The Morgan fingerprint density at radius 3 is 2.44 bits per heavy atom. The van der Waals surface area contributed by atoms with E-state index in [0.29, 0.717) is 5.54 Å². The molecule has 3 heteroatoms. The van der Waals surface area contributed by atoms with Gasteiger partial charge in [-0.15, -0.1) is 0 Å². The van der Waals surface area contributed by atoms with Crippen LogP contribution in [0.1, 0.15) is 48.9 Å². The van der Waals surface area contributed by atoms with E-state index in [-0.39, 0.29) is 0 Å². The van der Waals surface area contributed by atoms with Crippen molar-refractivity contribution in [2.75, 3.05) is 26.2 Å². The molecule has 0 amide bonds. The molecule has 0 aromatic heterocycles. The summed E-state index contributed by atoms with van der Waals surface area (Å²) in [5.74, 6) is 1.00. The normalized spacial score (nSPS) is 17.2. The Bertz CT molecular complexity index is 1180. The fourth-order valence-electron chi connectivity index (χ4n) is 5.52. The first-order valence-electron chi connectivity index (χ1n) is 12.8. The topological polar surface area (TPSA) is 24.5 Å². The number of rotatable bonds is 7. The van der Waals surface area contributed by atoms with E-state index in [4.69, 9.17) is 4.74 Å². The summed E-state index contributed by atoms with van der Waals surface area (Å²) in [6.45, 7) is 14.3. The molecule has 0 radical (unpaired) electrons. The van der Waals surface area contributed by atoms with Crippen molar-refractivity contribution in [1.82, 2.24) is 10.2 Å². The maximum absolute atomic E-state index is 6.27. The molecule has 2 heterocycles. The Kier molecular flexibility index (Phi) is 6.50. The van der Waals surface area contributed by atoms with Gasteiger partial charge in [-0.3, -0.25) is 4.90 Å². The molecular formula is C31H38N2O. The number of likely N-dealkylation sites (tertiary alicyclic amines) is 1. The fraction of sp³-hybridized carbons (Fsp3) is 0.419.